The van der Waals surface area contributed by atoms with Crippen LogP contribution < -0.4 is 5.32 Å². The molecule has 2 N–H and O–H groups in total. The van der Waals surface area contributed by atoms with Gasteiger partial charge in [-0.05, 0) is 19.3 Å². The maximum Gasteiger partial charge on any atom is 0.334 e. The predicted molar refractivity (Wildman–Crippen MR) is 79.9 cm³/mol. The fourth-order valence-electron chi connectivity index (χ4n) is 2.46. The summed E-state index contributed by atoms with van der Waals surface area (Å²) in [6.07, 6.45) is 1.27. The number of carbonyl (C=O) groups is 2. The molecule has 2 unspecified atom stereocenters. The van der Waals surface area contributed by atoms with Crippen LogP contribution >= 0.6 is 0 Å². The Morgan fingerprint density at radius 3 is 2.64 bits per heavy atom. The third kappa shape index (κ3) is 4.92. The zero-order valence-electron chi connectivity index (χ0n) is 12.9. The molecule has 0 aromatic carbocycles. The molecule has 0 spiro atoms. The number of hydrogen-bond donors (Lipinski definition) is 2. The number of piperidine rings is 1. The van der Waals surface area contributed by atoms with E-state index >= 15 is 0 Å². The highest BCUT2D eigenvalue weighted by atomic mass is 32.2. The summed E-state index contributed by atoms with van der Waals surface area (Å²) in [6.45, 7) is 1.91. The number of nitrogens with one attached hydrogen (secondary N) is 1. The Kier molecular flexibility index (Phi) is 7.24. The van der Waals surface area contributed by atoms with Crippen LogP contribution in [0.15, 0.2) is 0 Å². The summed E-state index contributed by atoms with van der Waals surface area (Å²) in [4.78, 5) is 23.1. The first kappa shape index (κ1) is 18.9. The zero-order chi connectivity index (χ0) is 16.8. The normalized spacial score (nSPS) is 21.3. The van der Waals surface area contributed by atoms with Crippen molar-refractivity contribution in [3.63, 3.8) is 0 Å². The Bertz CT molecular complexity index is 493. The summed E-state index contributed by atoms with van der Waals surface area (Å²) in [5.41, 5.74) is 0. The van der Waals surface area contributed by atoms with Gasteiger partial charge in [-0.1, -0.05) is 13.3 Å². The van der Waals surface area contributed by atoms with Gasteiger partial charge >= 0.3 is 5.97 Å². The van der Waals surface area contributed by atoms with Crippen LogP contribution in [0.4, 0.5) is 0 Å². The number of sulfonamides is 1. The van der Waals surface area contributed by atoms with Crippen molar-refractivity contribution in [3.8, 4) is 0 Å². The molecular formula is C13H24N2O6S. The number of amides is 1. The molecule has 1 rings (SSSR count). The van der Waals surface area contributed by atoms with Gasteiger partial charge in [0.1, 0.15) is 6.04 Å². The van der Waals surface area contributed by atoms with Gasteiger partial charge in [-0.25, -0.2) is 13.2 Å². The van der Waals surface area contributed by atoms with Gasteiger partial charge in [-0.3, -0.25) is 4.79 Å². The van der Waals surface area contributed by atoms with Gasteiger partial charge in [0, 0.05) is 13.7 Å². The van der Waals surface area contributed by atoms with Crippen LogP contribution in [-0.2, 0) is 24.3 Å². The first-order valence-corrected chi connectivity index (χ1v) is 8.97. The predicted octanol–water partition coefficient (Wildman–Crippen LogP) is -0.203. The van der Waals surface area contributed by atoms with Crippen LogP contribution in [0.25, 0.3) is 0 Å². The monoisotopic (exact) mass is 336 g/mol. The van der Waals surface area contributed by atoms with Crippen molar-refractivity contribution >= 4 is 21.9 Å². The van der Waals surface area contributed by atoms with Crippen LogP contribution in [0.3, 0.4) is 0 Å². The fourth-order valence-corrected chi connectivity index (χ4v) is 4.20. The quantitative estimate of drug-likeness (QED) is 0.634. The first-order valence-electron chi connectivity index (χ1n) is 7.36. The average Bonchev–Trinajstić information content (AvgIpc) is 2.47. The van der Waals surface area contributed by atoms with Crippen molar-refractivity contribution in [2.45, 2.75) is 44.8 Å². The second-order valence-corrected chi connectivity index (χ2v) is 7.29. The molecule has 1 aliphatic heterocycles. The lowest BCUT2D eigenvalue weighted by molar-refractivity contribution is -0.148. The van der Waals surface area contributed by atoms with Crippen molar-refractivity contribution < 1.29 is 27.9 Å². The van der Waals surface area contributed by atoms with E-state index in [2.05, 4.69) is 5.32 Å². The van der Waals surface area contributed by atoms with Gasteiger partial charge < -0.3 is 15.2 Å². The average molecular weight is 336 g/mol. The molecular weight excluding hydrogens is 312 g/mol. The van der Waals surface area contributed by atoms with Crippen LogP contribution in [-0.4, -0.2) is 67.8 Å². The van der Waals surface area contributed by atoms with E-state index in [0.717, 1.165) is 12.8 Å². The lowest BCUT2D eigenvalue weighted by atomic mass is 10.0. The molecule has 2 atom stereocenters. The van der Waals surface area contributed by atoms with Gasteiger partial charge in [0.25, 0.3) is 0 Å². The fraction of sp³-hybridized carbons (Fsp3) is 0.846. The number of aliphatic carboxylic acids is 1. The molecule has 9 heteroatoms. The number of rotatable bonds is 8. The standard InChI is InChI=1S/C13H24N2O6S/c1-3-8-22(19,20)15-7-5-4-6-10(15)12(16)14-9-11(21-2)13(17)18/h10-11H,3-9H2,1-2H3,(H,14,16)(H,17,18). The van der Waals surface area contributed by atoms with E-state index in [1.807, 2.05) is 0 Å². The summed E-state index contributed by atoms with van der Waals surface area (Å²) in [5, 5.41) is 11.3. The molecule has 0 aromatic rings. The minimum atomic E-state index is -3.46. The maximum atomic E-state index is 12.2. The number of ether oxygens (including phenoxy) is 1. The lowest BCUT2D eigenvalue weighted by Gasteiger charge is -2.33. The van der Waals surface area contributed by atoms with Crippen molar-refractivity contribution in [2.24, 2.45) is 0 Å². The molecule has 1 saturated heterocycles. The largest absolute Gasteiger partial charge is 0.479 e. The molecule has 0 saturated carbocycles. The van der Waals surface area contributed by atoms with E-state index < -0.39 is 34.0 Å². The topological polar surface area (TPSA) is 113 Å². The summed E-state index contributed by atoms with van der Waals surface area (Å²) in [6, 6.07) is -0.767. The molecule has 1 amide bonds. The number of carbonyl (C=O) groups excluding carboxylic acids is 1. The molecule has 1 fully saturated rings. The summed E-state index contributed by atoms with van der Waals surface area (Å²) in [7, 11) is -2.22. The lowest BCUT2D eigenvalue weighted by Crippen LogP contribution is -2.53. The molecule has 22 heavy (non-hydrogen) atoms. The smallest absolute Gasteiger partial charge is 0.334 e. The third-order valence-corrected chi connectivity index (χ3v) is 5.67. The molecule has 1 aliphatic rings. The van der Waals surface area contributed by atoms with Crippen molar-refractivity contribution in [1.29, 1.82) is 0 Å². The second-order valence-electron chi connectivity index (χ2n) is 5.25. The Balaban J connectivity index is 2.74. The molecule has 0 aliphatic carbocycles. The van der Waals surface area contributed by atoms with E-state index in [-0.39, 0.29) is 12.3 Å². The minimum Gasteiger partial charge on any atom is -0.479 e. The van der Waals surface area contributed by atoms with E-state index in [1.165, 1.54) is 11.4 Å². The highest BCUT2D eigenvalue weighted by Gasteiger charge is 2.36. The number of nitrogens with zero attached hydrogens (tertiary/aromatic N) is 1. The van der Waals surface area contributed by atoms with Gasteiger partial charge in [0.2, 0.25) is 15.9 Å². The maximum absolute atomic E-state index is 12.2. The minimum absolute atomic E-state index is 0.00655. The number of carboxylic acid groups (broad SMARTS) is 1. The summed E-state index contributed by atoms with van der Waals surface area (Å²) >= 11 is 0. The Labute approximate surface area is 130 Å². The van der Waals surface area contributed by atoms with Crippen molar-refractivity contribution in [2.75, 3.05) is 26.0 Å². The molecule has 8 nitrogen and oxygen atoms in total. The zero-order valence-corrected chi connectivity index (χ0v) is 13.8. The van der Waals surface area contributed by atoms with Gasteiger partial charge in [0.05, 0.1) is 12.3 Å². The molecule has 1 heterocycles. The van der Waals surface area contributed by atoms with Gasteiger partial charge in [-0.15, -0.1) is 0 Å². The summed E-state index contributed by atoms with van der Waals surface area (Å²) < 4.78 is 30.4. The number of hydrogen-bond acceptors (Lipinski definition) is 5. The third-order valence-electron chi connectivity index (χ3n) is 3.60. The first-order chi connectivity index (χ1) is 10.3. The van der Waals surface area contributed by atoms with Crippen LogP contribution in [0, 0.1) is 0 Å². The van der Waals surface area contributed by atoms with Crippen LogP contribution in [0.1, 0.15) is 32.6 Å². The Morgan fingerprint density at radius 1 is 1.41 bits per heavy atom. The van der Waals surface area contributed by atoms with Gasteiger partial charge in [0.15, 0.2) is 6.10 Å². The van der Waals surface area contributed by atoms with Crippen LogP contribution in [0.2, 0.25) is 0 Å². The van der Waals surface area contributed by atoms with Crippen molar-refractivity contribution in [3.05, 3.63) is 0 Å². The Hall–Kier alpha value is -1.19. The number of methoxy groups -OCH3 is 1. The van der Waals surface area contributed by atoms with E-state index in [1.54, 1.807) is 6.92 Å². The molecule has 0 bridgehead atoms. The number of carboxylic acids is 1. The summed E-state index contributed by atoms with van der Waals surface area (Å²) in [5.74, 6) is -1.64. The second kappa shape index (κ2) is 8.44. The molecule has 0 radical (unpaired) electrons. The van der Waals surface area contributed by atoms with E-state index in [4.69, 9.17) is 9.84 Å². The van der Waals surface area contributed by atoms with Crippen molar-refractivity contribution in [1.82, 2.24) is 9.62 Å². The molecule has 128 valence electrons. The van der Waals surface area contributed by atoms with Crippen LogP contribution in [0.5, 0.6) is 0 Å². The van der Waals surface area contributed by atoms with E-state index in [9.17, 15) is 18.0 Å². The Morgan fingerprint density at radius 2 is 2.09 bits per heavy atom. The van der Waals surface area contributed by atoms with Gasteiger partial charge in [-0.2, -0.15) is 4.31 Å². The highest BCUT2D eigenvalue weighted by Crippen LogP contribution is 2.21. The highest BCUT2D eigenvalue weighted by molar-refractivity contribution is 7.89. The SMILES string of the molecule is CCCS(=O)(=O)N1CCCCC1C(=O)NCC(OC)C(=O)O. The van der Waals surface area contributed by atoms with E-state index in [0.29, 0.717) is 19.4 Å². The molecule has 0 aromatic heterocycles.